The van der Waals surface area contributed by atoms with E-state index in [1.807, 2.05) is 11.9 Å². The lowest BCUT2D eigenvalue weighted by atomic mass is 9.98. The third-order valence-electron chi connectivity index (χ3n) is 5.30. The fourth-order valence-electron chi connectivity index (χ4n) is 3.91. The Balaban J connectivity index is 1.75. The van der Waals surface area contributed by atoms with E-state index in [0.717, 1.165) is 24.2 Å². The molecule has 2 aliphatic rings. The van der Waals surface area contributed by atoms with E-state index in [0.29, 0.717) is 30.1 Å². The van der Waals surface area contributed by atoms with Crippen LogP contribution < -0.4 is 0 Å². The largest absolute Gasteiger partial charge is 0.408 e. The summed E-state index contributed by atoms with van der Waals surface area (Å²) in [5.74, 6) is -0.0728. The molecule has 0 radical (unpaired) electrons. The summed E-state index contributed by atoms with van der Waals surface area (Å²) in [5, 5.41) is 3.98. The van der Waals surface area contributed by atoms with Crippen molar-refractivity contribution in [2.24, 2.45) is 0 Å². The number of likely N-dealkylation sites (tertiary alicyclic amines) is 1. The van der Waals surface area contributed by atoms with Crippen LogP contribution in [0.3, 0.4) is 0 Å². The van der Waals surface area contributed by atoms with Crippen molar-refractivity contribution in [3.63, 3.8) is 0 Å². The summed E-state index contributed by atoms with van der Waals surface area (Å²) in [6.07, 6.45) is -3.34. The van der Waals surface area contributed by atoms with Gasteiger partial charge >= 0.3 is 6.18 Å². The van der Waals surface area contributed by atoms with E-state index >= 15 is 0 Å². The first-order valence-electron chi connectivity index (χ1n) is 8.85. The van der Waals surface area contributed by atoms with E-state index in [1.54, 1.807) is 13.8 Å². The van der Waals surface area contributed by atoms with E-state index in [1.165, 1.54) is 0 Å². The quantitative estimate of drug-likeness (QED) is 0.805. The van der Waals surface area contributed by atoms with Gasteiger partial charge in [0.05, 0.1) is 30.9 Å². The Morgan fingerprint density at radius 2 is 2.04 bits per heavy atom. The molecular weight excluding hydrogens is 349 g/mol. The van der Waals surface area contributed by atoms with Crippen LogP contribution in [0.15, 0.2) is 0 Å². The lowest BCUT2D eigenvalue weighted by Gasteiger charge is -2.46. The summed E-state index contributed by atoms with van der Waals surface area (Å²) in [5.41, 5.74) is 1.47. The number of hydrogen-bond donors (Lipinski definition) is 0. The highest BCUT2D eigenvalue weighted by atomic mass is 19.4. The molecule has 3 heterocycles. The van der Waals surface area contributed by atoms with Gasteiger partial charge in [0.15, 0.2) is 0 Å². The zero-order valence-electron chi connectivity index (χ0n) is 15.3. The van der Waals surface area contributed by atoms with Crippen molar-refractivity contribution in [3.05, 3.63) is 17.0 Å². The van der Waals surface area contributed by atoms with Gasteiger partial charge in [-0.25, -0.2) is 0 Å². The topological polar surface area (TPSA) is 50.6 Å². The monoisotopic (exact) mass is 374 g/mol. The zero-order chi connectivity index (χ0) is 19.1. The average molecular weight is 374 g/mol. The van der Waals surface area contributed by atoms with Crippen LogP contribution >= 0.6 is 0 Å². The van der Waals surface area contributed by atoms with Crippen molar-refractivity contribution in [1.82, 2.24) is 19.6 Å². The summed E-state index contributed by atoms with van der Waals surface area (Å²) in [7, 11) is 2.02. The molecule has 6 nitrogen and oxygen atoms in total. The summed E-state index contributed by atoms with van der Waals surface area (Å²) in [6.45, 7) is 4.81. The lowest BCUT2D eigenvalue weighted by molar-refractivity contribution is -0.151. The number of morpholine rings is 1. The van der Waals surface area contributed by atoms with Crippen LogP contribution in [0, 0.1) is 13.8 Å². The van der Waals surface area contributed by atoms with Crippen LogP contribution in [0.25, 0.3) is 0 Å². The molecule has 1 amide bonds. The minimum absolute atomic E-state index is 0.000771. The van der Waals surface area contributed by atoms with Crippen LogP contribution in [-0.4, -0.2) is 77.1 Å². The molecule has 9 heteroatoms. The second-order valence-corrected chi connectivity index (χ2v) is 7.21. The minimum atomic E-state index is -4.34. The molecule has 0 N–H and O–H groups in total. The van der Waals surface area contributed by atoms with Crippen molar-refractivity contribution < 1.29 is 22.7 Å². The number of ether oxygens (including phenoxy) is 1. The van der Waals surface area contributed by atoms with Gasteiger partial charge < -0.3 is 14.5 Å². The van der Waals surface area contributed by atoms with Crippen molar-refractivity contribution in [2.75, 3.05) is 33.3 Å². The van der Waals surface area contributed by atoms with Gasteiger partial charge in [0, 0.05) is 30.9 Å². The van der Waals surface area contributed by atoms with Crippen molar-refractivity contribution in [2.45, 2.75) is 51.6 Å². The summed E-state index contributed by atoms with van der Waals surface area (Å²) < 4.78 is 44.8. The lowest BCUT2D eigenvalue weighted by Crippen LogP contribution is -2.61. The van der Waals surface area contributed by atoms with Crippen LogP contribution in [0.1, 0.15) is 23.4 Å². The van der Waals surface area contributed by atoms with Crippen molar-refractivity contribution >= 4 is 5.91 Å². The molecule has 2 atom stereocenters. The van der Waals surface area contributed by atoms with E-state index < -0.39 is 12.7 Å². The van der Waals surface area contributed by atoms with Gasteiger partial charge in [-0.1, -0.05) is 0 Å². The van der Waals surface area contributed by atoms with Gasteiger partial charge in [-0.05, 0) is 27.3 Å². The number of halogens is 3. The third-order valence-corrected chi connectivity index (χ3v) is 5.30. The number of hydrogen-bond acceptors (Lipinski definition) is 4. The number of rotatable bonds is 3. The van der Waals surface area contributed by atoms with Gasteiger partial charge in [0.25, 0.3) is 0 Å². The summed E-state index contributed by atoms with van der Waals surface area (Å²) in [4.78, 5) is 16.9. The molecule has 1 aromatic heterocycles. The third kappa shape index (κ3) is 4.03. The smallest absolute Gasteiger partial charge is 0.374 e. The second kappa shape index (κ2) is 7.19. The van der Waals surface area contributed by atoms with Gasteiger partial charge in [-0.3, -0.25) is 9.48 Å². The van der Waals surface area contributed by atoms with Crippen LogP contribution in [0.5, 0.6) is 0 Å². The maximum absolute atomic E-state index is 12.9. The Bertz CT molecular complexity index is 674. The maximum Gasteiger partial charge on any atom is 0.408 e. The molecule has 26 heavy (non-hydrogen) atoms. The fraction of sp³-hybridized carbons (Fsp3) is 0.765. The highest BCUT2D eigenvalue weighted by molar-refractivity contribution is 5.80. The van der Waals surface area contributed by atoms with E-state index in [4.69, 9.17) is 4.74 Å². The van der Waals surface area contributed by atoms with Gasteiger partial charge in [0.2, 0.25) is 5.91 Å². The van der Waals surface area contributed by atoms with E-state index in [-0.39, 0.29) is 24.5 Å². The average Bonchev–Trinajstić information content (AvgIpc) is 2.80. The van der Waals surface area contributed by atoms with Crippen molar-refractivity contribution in [1.29, 1.82) is 0 Å². The van der Waals surface area contributed by atoms with Crippen LogP contribution in [0.2, 0.25) is 0 Å². The Hall–Kier alpha value is -1.61. The van der Waals surface area contributed by atoms with Gasteiger partial charge in [-0.15, -0.1) is 0 Å². The molecule has 2 unspecified atom stereocenters. The molecule has 146 valence electrons. The Morgan fingerprint density at radius 1 is 1.31 bits per heavy atom. The van der Waals surface area contributed by atoms with E-state index in [2.05, 4.69) is 10.00 Å². The number of fused-ring (bicyclic) bond motifs is 1. The predicted octanol–water partition coefficient (Wildman–Crippen LogP) is 1.54. The second-order valence-electron chi connectivity index (χ2n) is 7.21. The molecule has 2 aliphatic heterocycles. The number of aryl methyl sites for hydroxylation is 1. The SMILES string of the molecule is Cc1nn(CC(F)(F)F)c(C)c1CC(=O)N1CCOC2CCN(C)CC21. The number of carbonyl (C=O) groups is 1. The zero-order valence-corrected chi connectivity index (χ0v) is 15.3. The number of aromatic nitrogens is 2. The highest BCUT2D eigenvalue weighted by Gasteiger charge is 2.38. The summed E-state index contributed by atoms with van der Waals surface area (Å²) >= 11 is 0. The molecule has 0 spiro atoms. The van der Waals surface area contributed by atoms with Crippen molar-refractivity contribution in [3.8, 4) is 0 Å². The molecule has 2 saturated heterocycles. The molecule has 0 aromatic carbocycles. The van der Waals surface area contributed by atoms with Crippen LogP contribution in [0.4, 0.5) is 13.2 Å². The first-order valence-corrected chi connectivity index (χ1v) is 8.85. The molecule has 3 rings (SSSR count). The molecule has 0 saturated carbocycles. The van der Waals surface area contributed by atoms with Gasteiger partial charge in [-0.2, -0.15) is 18.3 Å². The predicted molar refractivity (Wildman–Crippen MR) is 88.8 cm³/mol. The van der Waals surface area contributed by atoms with Crippen LogP contribution in [-0.2, 0) is 22.5 Å². The first kappa shape index (κ1) is 19.2. The minimum Gasteiger partial charge on any atom is -0.374 e. The number of amides is 1. The van der Waals surface area contributed by atoms with E-state index in [9.17, 15) is 18.0 Å². The van der Waals surface area contributed by atoms with Gasteiger partial charge in [0.1, 0.15) is 6.54 Å². The maximum atomic E-state index is 12.9. The normalized spacial score (nSPS) is 24.6. The molecule has 0 aliphatic carbocycles. The number of likely N-dealkylation sites (N-methyl/N-ethyl adjacent to an activating group) is 1. The number of nitrogens with zero attached hydrogens (tertiary/aromatic N) is 4. The number of alkyl halides is 3. The number of piperidine rings is 1. The standard InChI is InChI=1S/C17H25F3N4O2/c1-11-13(12(2)24(21-11)10-17(18,19)20)8-16(25)23-6-7-26-15-4-5-22(3)9-14(15)23/h14-15H,4-10H2,1-3H3. The fourth-order valence-corrected chi connectivity index (χ4v) is 3.91. The Morgan fingerprint density at radius 3 is 2.73 bits per heavy atom. The summed E-state index contributed by atoms with van der Waals surface area (Å²) in [6, 6.07) is 0.000771. The molecular formula is C17H25F3N4O2. The molecule has 2 fully saturated rings. The molecule has 0 bridgehead atoms. The Labute approximate surface area is 150 Å². The first-order chi connectivity index (χ1) is 12.2. The molecule has 1 aromatic rings. The highest BCUT2D eigenvalue weighted by Crippen LogP contribution is 2.25. The number of carbonyl (C=O) groups excluding carboxylic acids is 1. The Kier molecular flexibility index (Phi) is 5.30.